The minimum atomic E-state index is 0.423. The van der Waals surface area contributed by atoms with Crippen molar-refractivity contribution in [1.29, 1.82) is 0 Å². The van der Waals surface area contributed by atoms with Gasteiger partial charge in [-0.2, -0.15) is 0 Å². The minimum Gasteiger partial charge on any atom is -0.313 e. The Morgan fingerprint density at radius 2 is 2.20 bits per heavy atom. The van der Waals surface area contributed by atoms with Crippen LogP contribution in [0.15, 0.2) is 34.5 Å². The third kappa shape index (κ3) is 4.77. The summed E-state index contributed by atoms with van der Waals surface area (Å²) in [6.07, 6.45) is 0.976. The summed E-state index contributed by atoms with van der Waals surface area (Å²) in [5, 5.41) is 7.68. The van der Waals surface area contributed by atoms with E-state index in [1.165, 1.54) is 5.01 Å². The number of likely N-dealkylation sites (N-methyl/N-ethyl adjacent to an activating group) is 1. The Bertz CT molecular complexity index is 542. The van der Waals surface area contributed by atoms with E-state index in [4.69, 9.17) is 11.6 Å². The second-order valence-corrected chi connectivity index (χ2v) is 6.99. The van der Waals surface area contributed by atoms with Crippen molar-refractivity contribution in [3.8, 4) is 0 Å². The molecule has 2 nitrogen and oxygen atoms in total. The van der Waals surface area contributed by atoms with Crippen LogP contribution in [0.2, 0.25) is 5.02 Å². The zero-order chi connectivity index (χ0) is 14.4. The smallest absolute Gasteiger partial charge is 0.0943 e. The number of benzene rings is 1. The van der Waals surface area contributed by atoms with Gasteiger partial charge in [-0.3, -0.25) is 0 Å². The fraction of sp³-hybridized carbons (Fsp3) is 0.400. The van der Waals surface area contributed by atoms with Crippen LogP contribution in [0.25, 0.3) is 0 Å². The number of thioether (sulfide) groups is 1. The average Bonchev–Trinajstić information content (AvgIpc) is 2.83. The number of nitrogens with one attached hydrogen (secondary N) is 1. The van der Waals surface area contributed by atoms with Crippen LogP contribution < -0.4 is 5.32 Å². The van der Waals surface area contributed by atoms with Gasteiger partial charge in [0.05, 0.1) is 10.0 Å². The molecule has 0 saturated carbocycles. The van der Waals surface area contributed by atoms with Gasteiger partial charge in [0.1, 0.15) is 0 Å². The van der Waals surface area contributed by atoms with Crippen LogP contribution in [0, 0.1) is 6.92 Å². The molecule has 20 heavy (non-hydrogen) atoms. The maximum atomic E-state index is 6.20. The van der Waals surface area contributed by atoms with E-state index < -0.39 is 0 Å². The van der Waals surface area contributed by atoms with Gasteiger partial charge in [-0.15, -0.1) is 23.1 Å². The normalized spacial score (nSPS) is 12.6. The third-order valence-corrected chi connectivity index (χ3v) is 5.52. The largest absolute Gasteiger partial charge is 0.313 e. The predicted octanol–water partition coefficient (Wildman–Crippen LogP) is 4.42. The highest BCUT2D eigenvalue weighted by Crippen LogP contribution is 2.27. The summed E-state index contributed by atoms with van der Waals surface area (Å²) >= 11 is 9.74. The molecule has 108 valence electrons. The number of rotatable bonds is 7. The molecular weight excluding hydrogens is 308 g/mol. The Morgan fingerprint density at radius 3 is 2.85 bits per heavy atom. The van der Waals surface area contributed by atoms with E-state index in [1.807, 2.05) is 25.1 Å². The lowest BCUT2D eigenvalue weighted by atomic mass is 10.2. The van der Waals surface area contributed by atoms with Gasteiger partial charge in [0, 0.05) is 34.2 Å². The highest BCUT2D eigenvalue weighted by molar-refractivity contribution is 7.99. The van der Waals surface area contributed by atoms with Gasteiger partial charge >= 0.3 is 0 Å². The van der Waals surface area contributed by atoms with E-state index in [-0.39, 0.29) is 0 Å². The van der Waals surface area contributed by atoms with Crippen LogP contribution in [0.4, 0.5) is 0 Å². The fourth-order valence-electron chi connectivity index (χ4n) is 1.94. The molecule has 2 aromatic rings. The minimum absolute atomic E-state index is 0.423. The molecule has 1 atom stereocenters. The molecular formula is C15H19ClN2S2. The maximum absolute atomic E-state index is 6.20. The monoisotopic (exact) mass is 326 g/mol. The number of hydrogen-bond donors (Lipinski definition) is 1. The van der Waals surface area contributed by atoms with E-state index in [0.717, 1.165) is 34.3 Å². The molecule has 1 heterocycles. The standard InChI is InChI=1S/C15H19ClN2S2/c1-3-17-12(8-15-18-11(2)9-20-15)10-19-14-7-5-4-6-13(14)16/h4-7,9,12,17H,3,8,10H2,1-2H3. The number of nitrogens with zero attached hydrogens (tertiary/aromatic N) is 1. The second-order valence-electron chi connectivity index (χ2n) is 4.58. The van der Waals surface area contributed by atoms with Crippen molar-refractivity contribution >= 4 is 34.7 Å². The lowest BCUT2D eigenvalue weighted by molar-refractivity contribution is 0.571. The van der Waals surface area contributed by atoms with E-state index in [1.54, 1.807) is 23.1 Å². The topological polar surface area (TPSA) is 24.9 Å². The number of halogens is 1. The summed E-state index contributed by atoms with van der Waals surface area (Å²) in [5.41, 5.74) is 1.11. The van der Waals surface area contributed by atoms with Gasteiger partial charge in [0.25, 0.3) is 0 Å². The van der Waals surface area contributed by atoms with Crippen molar-refractivity contribution in [3.63, 3.8) is 0 Å². The summed E-state index contributed by atoms with van der Waals surface area (Å²) in [6.45, 7) is 5.15. The summed E-state index contributed by atoms with van der Waals surface area (Å²) in [7, 11) is 0. The van der Waals surface area contributed by atoms with E-state index in [2.05, 4.69) is 28.7 Å². The van der Waals surface area contributed by atoms with Crippen molar-refractivity contribution in [2.75, 3.05) is 12.3 Å². The molecule has 0 aliphatic carbocycles. The van der Waals surface area contributed by atoms with Gasteiger partial charge in [0.2, 0.25) is 0 Å². The van der Waals surface area contributed by atoms with Crippen LogP contribution in [0.1, 0.15) is 17.6 Å². The molecule has 0 amide bonds. The van der Waals surface area contributed by atoms with Gasteiger partial charge in [-0.1, -0.05) is 30.7 Å². The lowest BCUT2D eigenvalue weighted by Crippen LogP contribution is -2.33. The molecule has 0 bridgehead atoms. The zero-order valence-electron chi connectivity index (χ0n) is 11.7. The Balaban J connectivity index is 1.94. The SMILES string of the molecule is CCNC(CSc1ccccc1Cl)Cc1nc(C)cs1. The second kappa shape index (κ2) is 8.03. The maximum Gasteiger partial charge on any atom is 0.0943 e. The Morgan fingerprint density at radius 1 is 1.40 bits per heavy atom. The first-order valence-electron chi connectivity index (χ1n) is 6.70. The van der Waals surface area contributed by atoms with Crippen molar-refractivity contribution in [2.45, 2.75) is 31.2 Å². The first-order valence-corrected chi connectivity index (χ1v) is 8.95. The molecule has 1 aromatic heterocycles. The Labute approximate surface area is 134 Å². The first-order chi connectivity index (χ1) is 9.69. The van der Waals surface area contributed by atoms with Gasteiger partial charge < -0.3 is 5.32 Å². The van der Waals surface area contributed by atoms with Crippen molar-refractivity contribution in [2.24, 2.45) is 0 Å². The molecule has 0 aliphatic rings. The van der Waals surface area contributed by atoms with Gasteiger partial charge in [0.15, 0.2) is 0 Å². The molecule has 5 heteroatoms. The molecule has 0 saturated heterocycles. The molecule has 0 fully saturated rings. The first kappa shape index (κ1) is 15.8. The van der Waals surface area contributed by atoms with Crippen LogP contribution >= 0.6 is 34.7 Å². The van der Waals surface area contributed by atoms with Crippen LogP contribution in [0.3, 0.4) is 0 Å². The average molecular weight is 327 g/mol. The predicted molar refractivity (Wildman–Crippen MR) is 90.2 cm³/mol. The molecule has 0 radical (unpaired) electrons. The van der Waals surface area contributed by atoms with Crippen molar-refractivity contribution in [1.82, 2.24) is 10.3 Å². The number of hydrogen-bond acceptors (Lipinski definition) is 4. The van der Waals surface area contributed by atoms with Crippen LogP contribution in [-0.4, -0.2) is 23.3 Å². The number of thiazole rings is 1. The zero-order valence-corrected chi connectivity index (χ0v) is 14.1. The Hall–Kier alpha value is -0.550. The molecule has 0 aliphatic heterocycles. The summed E-state index contributed by atoms with van der Waals surface area (Å²) in [6, 6.07) is 8.43. The lowest BCUT2D eigenvalue weighted by Gasteiger charge is -2.16. The van der Waals surface area contributed by atoms with E-state index in [0.29, 0.717) is 6.04 Å². The summed E-state index contributed by atoms with van der Waals surface area (Å²) in [5.74, 6) is 0.996. The number of aryl methyl sites for hydroxylation is 1. The highest BCUT2D eigenvalue weighted by Gasteiger charge is 2.12. The molecule has 1 aromatic carbocycles. The van der Waals surface area contributed by atoms with Crippen LogP contribution in [0.5, 0.6) is 0 Å². The molecule has 1 unspecified atom stereocenters. The van der Waals surface area contributed by atoms with Gasteiger partial charge in [-0.25, -0.2) is 4.98 Å². The van der Waals surface area contributed by atoms with Crippen LogP contribution in [-0.2, 0) is 6.42 Å². The van der Waals surface area contributed by atoms with E-state index >= 15 is 0 Å². The highest BCUT2D eigenvalue weighted by atomic mass is 35.5. The molecule has 0 spiro atoms. The van der Waals surface area contributed by atoms with Gasteiger partial charge in [-0.05, 0) is 25.6 Å². The summed E-state index contributed by atoms with van der Waals surface area (Å²) in [4.78, 5) is 5.69. The molecule has 1 N–H and O–H groups in total. The Kier molecular flexibility index (Phi) is 6.36. The quantitative estimate of drug-likeness (QED) is 0.762. The molecule has 2 rings (SSSR count). The summed E-state index contributed by atoms with van der Waals surface area (Å²) < 4.78 is 0. The number of aromatic nitrogens is 1. The van der Waals surface area contributed by atoms with Crippen molar-refractivity contribution < 1.29 is 0 Å². The third-order valence-electron chi connectivity index (χ3n) is 2.86. The fourth-order valence-corrected chi connectivity index (χ4v) is 4.09. The van der Waals surface area contributed by atoms with E-state index in [9.17, 15) is 0 Å². The van der Waals surface area contributed by atoms with Crippen molar-refractivity contribution in [3.05, 3.63) is 45.4 Å².